The van der Waals surface area contributed by atoms with E-state index in [9.17, 15) is 9.90 Å². The maximum absolute atomic E-state index is 12.7. The number of benzene rings is 2. The van der Waals surface area contributed by atoms with Crippen molar-refractivity contribution in [2.24, 2.45) is 0 Å². The van der Waals surface area contributed by atoms with Gasteiger partial charge in [0.1, 0.15) is 0 Å². The Hall–Kier alpha value is -2.13. The molecular formula is C18H19NO2. The topological polar surface area (TPSA) is 40.5 Å². The van der Waals surface area contributed by atoms with E-state index in [0.29, 0.717) is 18.5 Å². The molecule has 3 nitrogen and oxygen atoms in total. The molecule has 0 spiro atoms. The van der Waals surface area contributed by atoms with E-state index in [1.807, 2.05) is 56.3 Å². The molecule has 0 aromatic heterocycles. The van der Waals surface area contributed by atoms with Crippen LogP contribution in [0.15, 0.2) is 42.5 Å². The van der Waals surface area contributed by atoms with Crippen LogP contribution in [0.5, 0.6) is 0 Å². The van der Waals surface area contributed by atoms with Crippen molar-refractivity contribution in [3.05, 3.63) is 64.7 Å². The summed E-state index contributed by atoms with van der Waals surface area (Å²) in [4.78, 5) is 14.5. The first kappa shape index (κ1) is 13.8. The van der Waals surface area contributed by atoms with Crippen LogP contribution in [0, 0.1) is 13.8 Å². The van der Waals surface area contributed by atoms with Crippen LogP contribution in [0.4, 0.5) is 5.69 Å². The van der Waals surface area contributed by atoms with Crippen LogP contribution in [0.2, 0.25) is 0 Å². The zero-order valence-corrected chi connectivity index (χ0v) is 12.3. The van der Waals surface area contributed by atoms with Gasteiger partial charge < -0.3 is 10.0 Å². The Labute approximate surface area is 124 Å². The molecule has 2 aromatic carbocycles. The maximum atomic E-state index is 12.7. The highest BCUT2D eigenvalue weighted by Crippen LogP contribution is 2.35. The smallest absolute Gasteiger partial charge is 0.258 e. The van der Waals surface area contributed by atoms with Crippen LogP contribution in [0.1, 0.15) is 39.6 Å². The molecule has 1 amide bonds. The number of hydrogen-bond donors (Lipinski definition) is 1. The molecular weight excluding hydrogens is 262 g/mol. The number of aliphatic hydroxyl groups is 1. The Morgan fingerprint density at radius 2 is 1.76 bits per heavy atom. The molecule has 21 heavy (non-hydrogen) atoms. The van der Waals surface area contributed by atoms with E-state index in [4.69, 9.17) is 0 Å². The lowest BCUT2D eigenvalue weighted by molar-refractivity contribution is 0.0970. The maximum Gasteiger partial charge on any atom is 0.258 e. The van der Waals surface area contributed by atoms with Crippen molar-refractivity contribution in [2.45, 2.75) is 26.4 Å². The van der Waals surface area contributed by atoms with Crippen LogP contribution in [0.3, 0.4) is 0 Å². The third-order valence-electron chi connectivity index (χ3n) is 4.00. The monoisotopic (exact) mass is 281 g/mol. The summed E-state index contributed by atoms with van der Waals surface area (Å²) in [5.74, 6) is -0.00740. The second-order valence-corrected chi connectivity index (χ2v) is 5.69. The number of fused-ring (bicyclic) bond motifs is 1. The first-order valence-electron chi connectivity index (χ1n) is 7.23. The van der Waals surface area contributed by atoms with Gasteiger partial charge in [-0.25, -0.2) is 0 Å². The largest absolute Gasteiger partial charge is 0.388 e. The van der Waals surface area contributed by atoms with Crippen molar-refractivity contribution in [3.8, 4) is 0 Å². The van der Waals surface area contributed by atoms with E-state index in [-0.39, 0.29) is 5.91 Å². The average Bonchev–Trinajstić information content (AvgIpc) is 2.48. The fraction of sp³-hybridized carbons (Fsp3) is 0.278. The van der Waals surface area contributed by atoms with E-state index in [1.54, 1.807) is 4.90 Å². The van der Waals surface area contributed by atoms with Gasteiger partial charge in [0.25, 0.3) is 5.91 Å². The normalized spacial score (nSPS) is 17.5. The number of aliphatic hydroxyl groups excluding tert-OH is 1. The summed E-state index contributed by atoms with van der Waals surface area (Å²) in [5.41, 5.74) is 4.59. The molecule has 0 saturated carbocycles. The van der Waals surface area contributed by atoms with Gasteiger partial charge in [-0.15, -0.1) is 0 Å². The molecule has 0 aliphatic carbocycles. The highest BCUT2D eigenvalue weighted by atomic mass is 16.3. The minimum Gasteiger partial charge on any atom is -0.388 e. The van der Waals surface area contributed by atoms with Crippen LogP contribution < -0.4 is 4.90 Å². The second-order valence-electron chi connectivity index (χ2n) is 5.69. The van der Waals surface area contributed by atoms with E-state index in [1.165, 1.54) is 0 Å². The van der Waals surface area contributed by atoms with Gasteiger partial charge in [-0.05, 0) is 38.5 Å². The third-order valence-corrected chi connectivity index (χ3v) is 4.00. The number of aryl methyl sites for hydroxylation is 2. The Morgan fingerprint density at radius 1 is 1.10 bits per heavy atom. The first-order chi connectivity index (χ1) is 10.1. The SMILES string of the molecule is Cc1ccc(C(=O)N2CCC(O)c3cc(C)ccc32)cc1. The summed E-state index contributed by atoms with van der Waals surface area (Å²) >= 11 is 0. The lowest BCUT2D eigenvalue weighted by Gasteiger charge is -2.32. The lowest BCUT2D eigenvalue weighted by atomic mass is 9.96. The van der Waals surface area contributed by atoms with Gasteiger partial charge in [0.2, 0.25) is 0 Å². The quantitative estimate of drug-likeness (QED) is 0.870. The number of carbonyl (C=O) groups is 1. The zero-order valence-electron chi connectivity index (χ0n) is 12.3. The summed E-state index contributed by atoms with van der Waals surface area (Å²) in [7, 11) is 0. The summed E-state index contributed by atoms with van der Waals surface area (Å²) in [6.07, 6.45) is 0.0931. The molecule has 0 fully saturated rings. The fourth-order valence-corrected chi connectivity index (χ4v) is 2.78. The first-order valence-corrected chi connectivity index (χ1v) is 7.23. The molecule has 1 unspecified atom stereocenters. The van der Waals surface area contributed by atoms with E-state index >= 15 is 0 Å². The van der Waals surface area contributed by atoms with Crippen molar-refractivity contribution >= 4 is 11.6 Å². The van der Waals surface area contributed by atoms with E-state index in [0.717, 1.165) is 22.4 Å². The van der Waals surface area contributed by atoms with Crippen molar-refractivity contribution < 1.29 is 9.90 Å². The summed E-state index contributed by atoms with van der Waals surface area (Å²) in [6, 6.07) is 13.5. The van der Waals surface area contributed by atoms with Gasteiger partial charge in [-0.1, -0.05) is 35.4 Å². The number of hydrogen-bond acceptors (Lipinski definition) is 2. The van der Waals surface area contributed by atoms with Gasteiger partial charge in [0.05, 0.1) is 6.10 Å². The predicted octanol–water partition coefficient (Wildman–Crippen LogP) is 3.39. The zero-order chi connectivity index (χ0) is 15.0. The summed E-state index contributed by atoms with van der Waals surface area (Å²) in [6.45, 7) is 4.54. The standard InChI is InChI=1S/C18H19NO2/c1-12-3-6-14(7-4-12)18(21)19-10-9-17(20)15-11-13(2)5-8-16(15)19/h3-8,11,17,20H,9-10H2,1-2H3. The molecule has 0 bridgehead atoms. The molecule has 0 saturated heterocycles. The number of rotatable bonds is 1. The van der Waals surface area contributed by atoms with Gasteiger partial charge in [-0.3, -0.25) is 4.79 Å². The highest BCUT2D eigenvalue weighted by molar-refractivity contribution is 6.06. The Kier molecular flexibility index (Phi) is 3.52. The van der Waals surface area contributed by atoms with Gasteiger partial charge in [-0.2, -0.15) is 0 Å². The summed E-state index contributed by atoms with van der Waals surface area (Å²) in [5, 5.41) is 10.2. The van der Waals surface area contributed by atoms with Crippen LogP contribution in [-0.2, 0) is 0 Å². The molecule has 3 heteroatoms. The fourth-order valence-electron chi connectivity index (χ4n) is 2.78. The van der Waals surface area contributed by atoms with Crippen LogP contribution >= 0.6 is 0 Å². The minimum absolute atomic E-state index is 0.00740. The molecule has 0 radical (unpaired) electrons. The van der Waals surface area contributed by atoms with Crippen molar-refractivity contribution in [3.63, 3.8) is 0 Å². The number of anilines is 1. The second kappa shape index (κ2) is 5.34. The van der Waals surface area contributed by atoms with Gasteiger partial charge in [0, 0.05) is 23.4 Å². The molecule has 1 N–H and O–H groups in total. The highest BCUT2D eigenvalue weighted by Gasteiger charge is 2.28. The molecule has 2 aromatic rings. The number of amides is 1. The predicted molar refractivity (Wildman–Crippen MR) is 83.6 cm³/mol. The number of nitrogens with zero attached hydrogens (tertiary/aromatic N) is 1. The Morgan fingerprint density at radius 3 is 2.48 bits per heavy atom. The van der Waals surface area contributed by atoms with Gasteiger partial charge >= 0.3 is 0 Å². The van der Waals surface area contributed by atoms with E-state index < -0.39 is 6.10 Å². The van der Waals surface area contributed by atoms with Crippen molar-refractivity contribution in [2.75, 3.05) is 11.4 Å². The molecule has 1 aliphatic rings. The van der Waals surface area contributed by atoms with Crippen LogP contribution in [-0.4, -0.2) is 17.6 Å². The Balaban J connectivity index is 1.99. The Bertz CT molecular complexity index is 676. The van der Waals surface area contributed by atoms with Gasteiger partial charge in [0.15, 0.2) is 0 Å². The number of carbonyl (C=O) groups excluding carboxylic acids is 1. The van der Waals surface area contributed by atoms with Crippen molar-refractivity contribution in [1.29, 1.82) is 0 Å². The summed E-state index contributed by atoms with van der Waals surface area (Å²) < 4.78 is 0. The van der Waals surface area contributed by atoms with Crippen molar-refractivity contribution in [1.82, 2.24) is 0 Å². The molecule has 1 aliphatic heterocycles. The minimum atomic E-state index is -0.484. The molecule has 108 valence electrons. The van der Waals surface area contributed by atoms with E-state index in [2.05, 4.69) is 0 Å². The lowest BCUT2D eigenvalue weighted by Crippen LogP contribution is -2.36. The average molecular weight is 281 g/mol. The van der Waals surface area contributed by atoms with Crippen LogP contribution in [0.25, 0.3) is 0 Å². The molecule has 3 rings (SSSR count). The molecule has 1 heterocycles. The third kappa shape index (κ3) is 2.57. The molecule has 1 atom stereocenters.